The number of amides is 2. The number of hydrogen-bond donors (Lipinski definition) is 2. The Labute approximate surface area is 153 Å². The molecule has 1 atom stereocenters. The van der Waals surface area contributed by atoms with Crippen LogP contribution in [-0.4, -0.2) is 38.6 Å². The van der Waals surface area contributed by atoms with E-state index in [-0.39, 0.29) is 0 Å². The number of halogens is 4. The van der Waals surface area contributed by atoms with Gasteiger partial charge >= 0.3 is 6.18 Å². The fraction of sp³-hybridized carbons (Fsp3) is 0.467. The second-order valence-corrected chi connectivity index (χ2v) is 8.20. The molecule has 1 saturated heterocycles. The predicted octanol–water partition coefficient (Wildman–Crippen LogP) is 1.92. The smallest absolute Gasteiger partial charge is 0.354 e. The van der Waals surface area contributed by atoms with Crippen LogP contribution in [0.3, 0.4) is 0 Å². The molecule has 11 heteroatoms. The average molecular weight is 413 g/mol. The van der Waals surface area contributed by atoms with E-state index < -0.39 is 55.1 Å². The Morgan fingerprint density at radius 1 is 1.31 bits per heavy atom. The van der Waals surface area contributed by atoms with Crippen molar-refractivity contribution in [2.75, 3.05) is 12.3 Å². The zero-order chi connectivity index (χ0) is 19.5. The molecule has 0 bridgehead atoms. The Bertz CT molecular complexity index is 812. The molecule has 0 aliphatic carbocycles. The first-order valence-electron chi connectivity index (χ1n) is 7.67. The number of benzene rings is 1. The van der Waals surface area contributed by atoms with Crippen LogP contribution >= 0.6 is 11.6 Å². The van der Waals surface area contributed by atoms with E-state index in [4.69, 9.17) is 11.6 Å². The fourth-order valence-electron chi connectivity index (χ4n) is 2.48. The summed E-state index contributed by atoms with van der Waals surface area (Å²) in [7, 11) is -4.34. The molecule has 1 aliphatic heterocycles. The van der Waals surface area contributed by atoms with Crippen LogP contribution in [0.2, 0.25) is 5.02 Å². The lowest BCUT2D eigenvalue weighted by atomic mass is 10.1. The number of nitrogens with one attached hydrogen (secondary N) is 2. The summed E-state index contributed by atoms with van der Waals surface area (Å²) >= 11 is 5.46. The van der Waals surface area contributed by atoms with Crippen molar-refractivity contribution >= 4 is 33.3 Å². The van der Waals surface area contributed by atoms with E-state index in [2.05, 4.69) is 10.6 Å². The van der Waals surface area contributed by atoms with Crippen LogP contribution < -0.4 is 10.6 Å². The lowest BCUT2D eigenvalue weighted by Crippen LogP contribution is -2.47. The van der Waals surface area contributed by atoms with Crippen molar-refractivity contribution in [1.29, 1.82) is 0 Å². The first kappa shape index (κ1) is 20.5. The summed E-state index contributed by atoms with van der Waals surface area (Å²) in [6.07, 6.45) is -3.07. The topological polar surface area (TPSA) is 92.3 Å². The molecule has 2 N–H and O–H groups in total. The van der Waals surface area contributed by atoms with Crippen LogP contribution in [-0.2, 0) is 25.6 Å². The zero-order valence-electron chi connectivity index (χ0n) is 13.4. The summed E-state index contributed by atoms with van der Waals surface area (Å²) in [5.74, 6) is -2.45. The third-order valence-electron chi connectivity index (χ3n) is 3.79. The van der Waals surface area contributed by atoms with Crippen molar-refractivity contribution in [3.63, 3.8) is 0 Å². The second kappa shape index (κ2) is 7.83. The number of carbonyl (C=O) groups excluding carboxylic acids is 2. The van der Waals surface area contributed by atoms with Crippen LogP contribution in [0.5, 0.6) is 0 Å². The third-order valence-corrected chi connectivity index (χ3v) is 5.74. The molecule has 2 amide bonds. The lowest BCUT2D eigenvalue weighted by Gasteiger charge is -2.15. The minimum atomic E-state index is -4.83. The predicted molar refractivity (Wildman–Crippen MR) is 87.3 cm³/mol. The zero-order valence-corrected chi connectivity index (χ0v) is 15.0. The summed E-state index contributed by atoms with van der Waals surface area (Å²) in [5, 5.41) is 4.25. The number of carbonyl (C=O) groups is 2. The van der Waals surface area contributed by atoms with Crippen molar-refractivity contribution < 1.29 is 31.2 Å². The molecule has 1 aromatic carbocycles. The highest BCUT2D eigenvalue weighted by Crippen LogP contribution is 2.36. The van der Waals surface area contributed by atoms with Gasteiger partial charge < -0.3 is 10.6 Å². The lowest BCUT2D eigenvalue weighted by molar-refractivity contribution is -0.137. The van der Waals surface area contributed by atoms with E-state index in [1.807, 2.05) is 0 Å². The highest BCUT2D eigenvalue weighted by atomic mass is 35.5. The van der Waals surface area contributed by atoms with Gasteiger partial charge in [0, 0.05) is 6.54 Å². The quantitative estimate of drug-likeness (QED) is 0.790. The first-order chi connectivity index (χ1) is 12.0. The van der Waals surface area contributed by atoms with Gasteiger partial charge in [-0.05, 0) is 37.5 Å². The van der Waals surface area contributed by atoms with Crippen LogP contribution in [0.25, 0.3) is 0 Å². The standard InChI is InChI=1S/C15H16ClF3N2O4S/c16-11-5-4-9(7-10(11)15(17,18)19)26(24,25)8-13(22)21-12-3-1-2-6-20-14(12)23/h4-5,7,12H,1-3,6,8H2,(H,20,23)(H,21,22). The molecule has 0 spiro atoms. The van der Waals surface area contributed by atoms with Gasteiger partial charge in [-0.3, -0.25) is 9.59 Å². The third kappa shape index (κ3) is 5.10. The maximum Gasteiger partial charge on any atom is 0.417 e. The SMILES string of the molecule is O=C(CS(=O)(=O)c1ccc(Cl)c(C(F)(F)F)c1)NC1CCCCNC1=O. The van der Waals surface area contributed by atoms with Crippen molar-refractivity contribution in [1.82, 2.24) is 10.6 Å². The molecule has 2 rings (SSSR count). The van der Waals surface area contributed by atoms with Gasteiger partial charge in [-0.25, -0.2) is 8.42 Å². The number of rotatable bonds is 4. The van der Waals surface area contributed by atoms with Crippen molar-refractivity contribution in [3.05, 3.63) is 28.8 Å². The molecule has 0 aromatic heterocycles. The maximum atomic E-state index is 12.9. The van der Waals surface area contributed by atoms with Gasteiger partial charge in [0.2, 0.25) is 11.8 Å². The molecule has 0 radical (unpaired) electrons. The van der Waals surface area contributed by atoms with Gasteiger partial charge in [-0.1, -0.05) is 11.6 Å². The molecular weight excluding hydrogens is 397 g/mol. The maximum absolute atomic E-state index is 12.9. The minimum absolute atomic E-state index is 0.358. The number of sulfone groups is 1. The van der Waals surface area contributed by atoms with Gasteiger partial charge in [0.1, 0.15) is 11.8 Å². The Kier molecular flexibility index (Phi) is 6.17. The molecule has 26 heavy (non-hydrogen) atoms. The van der Waals surface area contributed by atoms with E-state index >= 15 is 0 Å². The highest BCUT2D eigenvalue weighted by Gasteiger charge is 2.35. The van der Waals surface area contributed by atoms with Gasteiger partial charge in [0.25, 0.3) is 0 Å². The summed E-state index contributed by atoms with van der Waals surface area (Å²) in [6, 6.07) is 1.24. The minimum Gasteiger partial charge on any atom is -0.354 e. The number of alkyl halides is 3. The summed E-state index contributed by atoms with van der Waals surface area (Å²) < 4.78 is 63.1. The van der Waals surface area contributed by atoms with E-state index in [9.17, 15) is 31.2 Å². The van der Waals surface area contributed by atoms with Crippen LogP contribution in [0.15, 0.2) is 23.1 Å². The van der Waals surface area contributed by atoms with Gasteiger partial charge in [-0.2, -0.15) is 13.2 Å². The summed E-state index contributed by atoms with van der Waals surface area (Å²) in [6.45, 7) is 0.467. The van der Waals surface area contributed by atoms with Gasteiger partial charge in [0.15, 0.2) is 9.84 Å². The summed E-state index contributed by atoms with van der Waals surface area (Å²) in [4.78, 5) is 23.1. The molecule has 144 valence electrons. The number of hydrogen-bond acceptors (Lipinski definition) is 4. The average Bonchev–Trinajstić information content (AvgIpc) is 2.70. The Morgan fingerprint density at radius 2 is 2.00 bits per heavy atom. The molecule has 1 aliphatic rings. The van der Waals surface area contributed by atoms with Crippen molar-refractivity contribution in [2.24, 2.45) is 0 Å². The molecule has 1 fully saturated rings. The van der Waals surface area contributed by atoms with E-state index in [0.29, 0.717) is 25.5 Å². The normalized spacial score (nSPS) is 18.8. The molecule has 1 aromatic rings. The van der Waals surface area contributed by atoms with E-state index in [0.717, 1.165) is 18.6 Å². The van der Waals surface area contributed by atoms with Crippen LogP contribution in [0, 0.1) is 0 Å². The van der Waals surface area contributed by atoms with E-state index in [1.165, 1.54) is 0 Å². The second-order valence-electron chi connectivity index (χ2n) is 5.81. The fourth-order valence-corrected chi connectivity index (χ4v) is 3.88. The molecular formula is C15H16ClF3N2O4S. The van der Waals surface area contributed by atoms with Gasteiger partial charge in [-0.15, -0.1) is 0 Å². The molecule has 0 saturated carbocycles. The van der Waals surface area contributed by atoms with Crippen molar-refractivity contribution in [2.45, 2.75) is 36.4 Å². The summed E-state index contributed by atoms with van der Waals surface area (Å²) in [5.41, 5.74) is -1.30. The van der Waals surface area contributed by atoms with Crippen LogP contribution in [0.1, 0.15) is 24.8 Å². The van der Waals surface area contributed by atoms with Gasteiger partial charge in [0.05, 0.1) is 15.5 Å². The first-order valence-corrected chi connectivity index (χ1v) is 9.70. The Balaban J connectivity index is 2.15. The van der Waals surface area contributed by atoms with E-state index in [1.54, 1.807) is 0 Å². The molecule has 1 unspecified atom stereocenters. The molecule has 1 heterocycles. The molecule has 6 nitrogen and oxygen atoms in total. The Morgan fingerprint density at radius 3 is 2.65 bits per heavy atom. The van der Waals surface area contributed by atoms with Crippen LogP contribution in [0.4, 0.5) is 13.2 Å². The highest BCUT2D eigenvalue weighted by molar-refractivity contribution is 7.92. The Hall–Kier alpha value is -1.81. The monoisotopic (exact) mass is 412 g/mol. The largest absolute Gasteiger partial charge is 0.417 e. The van der Waals surface area contributed by atoms with Crippen molar-refractivity contribution in [3.8, 4) is 0 Å².